The third kappa shape index (κ3) is 3.54. The highest BCUT2D eigenvalue weighted by atomic mass is 16.6. The Morgan fingerprint density at radius 1 is 1.50 bits per heavy atom. The van der Waals surface area contributed by atoms with Gasteiger partial charge in [0, 0.05) is 19.2 Å². The van der Waals surface area contributed by atoms with Crippen molar-refractivity contribution < 1.29 is 19.2 Å². The molecule has 1 aliphatic rings. The Bertz CT molecular complexity index is 588. The van der Waals surface area contributed by atoms with E-state index in [2.05, 4.69) is 0 Å². The van der Waals surface area contributed by atoms with Crippen molar-refractivity contribution >= 4 is 11.6 Å². The second kappa shape index (κ2) is 6.74. The van der Waals surface area contributed by atoms with Gasteiger partial charge in [0.25, 0.3) is 11.6 Å². The van der Waals surface area contributed by atoms with E-state index in [1.54, 1.807) is 24.8 Å². The van der Waals surface area contributed by atoms with Gasteiger partial charge < -0.3 is 14.4 Å². The molecule has 120 valence electrons. The molecule has 1 fully saturated rings. The van der Waals surface area contributed by atoms with Crippen molar-refractivity contribution in [2.45, 2.75) is 26.9 Å². The molecular weight excluding hydrogens is 288 g/mol. The van der Waals surface area contributed by atoms with E-state index >= 15 is 0 Å². The molecule has 0 saturated carbocycles. The van der Waals surface area contributed by atoms with Crippen LogP contribution in [0.3, 0.4) is 0 Å². The normalized spacial score (nSPS) is 18.1. The molecule has 0 N–H and O–H groups in total. The van der Waals surface area contributed by atoms with E-state index in [0.717, 1.165) is 5.56 Å². The molecule has 22 heavy (non-hydrogen) atoms. The summed E-state index contributed by atoms with van der Waals surface area (Å²) < 4.78 is 11.0. The fourth-order valence-electron chi connectivity index (χ4n) is 2.51. The summed E-state index contributed by atoms with van der Waals surface area (Å²) in [6.45, 7) is 6.80. The summed E-state index contributed by atoms with van der Waals surface area (Å²) >= 11 is 0. The number of benzene rings is 1. The maximum Gasteiger partial charge on any atom is 0.276 e. The molecular formula is C15H20N2O5. The molecule has 7 nitrogen and oxygen atoms in total. The molecule has 1 aromatic carbocycles. The van der Waals surface area contributed by atoms with Crippen LogP contribution in [0.2, 0.25) is 0 Å². The van der Waals surface area contributed by atoms with Crippen molar-refractivity contribution in [2.75, 3.05) is 26.3 Å². The van der Waals surface area contributed by atoms with Crippen molar-refractivity contribution in [1.29, 1.82) is 0 Å². The highest BCUT2D eigenvalue weighted by Crippen LogP contribution is 2.30. The minimum Gasteiger partial charge on any atom is -0.483 e. The zero-order valence-corrected chi connectivity index (χ0v) is 13.0. The number of morpholine rings is 1. The van der Waals surface area contributed by atoms with Crippen LogP contribution in [0.1, 0.15) is 18.1 Å². The van der Waals surface area contributed by atoms with Crippen LogP contribution in [0.4, 0.5) is 5.69 Å². The maximum atomic E-state index is 12.2. The molecule has 0 unspecified atom stereocenters. The SMILES string of the molecule is Cc1ccc([N+](=O)[O-])c(C)c1OCC(=O)N1CCO[C@H](C)C1. The summed E-state index contributed by atoms with van der Waals surface area (Å²) in [5.41, 5.74) is 1.20. The zero-order chi connectivity index (χ0) is 16.3. The van der Waals surface area contributed by atoms with Crippen LogP contribution in [0.15, 0.2) is 12.1 Å². The highest BCUT2D eigenvalue weighted by molar-refractivity contribution is 5.78. The number of carbonyl (C=O) groups is 1. The number of aryl methyl sites for hydroxylation is 1. The van der Waals surface area contributed by atoms with E-state index in [-0.39, 0.29) is 24.3 Å². The molecule has 1 aliphatic heterocycles. The quantitative estimate of drug-likeness (QED) is 0.626. The van der Waals surface area contributed by atoms with Gasteiger partial charge in [-0.3, -0.25) is 14.9 Å². The average molecular weight is 308 g/mol. The minimum absolute atomic E-state index is 0.00644. The minimum atomic E-state index is -0.451. The first-order chi connectivity index (χ1) is 10.4. The number of carbonyl (C=O) groups excluding carboxylic acids is 1. The lowest BCUT2D eigenvalue weighted by molar-refractivity contribution is -0.385. The summed E-state index contributed by atoms with van der Waals surface area (Å²) in [5.74, 6) is 0.268. The van der Waals surface area contributed by atoms with Crippen LogP contribution in [0.25, 0.3) is 0 Å². The predicted octanol–water partition coefficient (Wildman–Crippen LogP) is 1.84. The summed E-state index contributed by atoms with van der Waals surface area (Å²) in [6.07, 6.45) is 0.0129. The standard InChI is InChI=1S/C15H20N2O5/c1-10-4-5-13(17(19)20)12(3)15(10)22-9-14(18)16-6-7-21-11(2)8-16/h4-5,11H,6-9H2,1-3H3/t11-/m1/s1. The number of nitro benzene ring substituents is 1. The molecule has 0 aromatic heterocycles. The van der Waals surface area contributed by atoms with Gasteiger partial charge in [-0.1, -0.05) is 0 Å². The second-order valence-corrected chi connectivity index (χ2v) is 5.42. The number of rotatable bonds is 4. The molecule has 0 aliphatic carbocycles. The molecule has 1 aromatic rings. The number of amides is 1. The fourth-order valence-corrected chi connectivity index (χ4v) is 2.51. The largest absolute Gasteiger partial charge is 0.483 e. The predicted molar refractivity (Wildman–Crippen MR) is 80.1 cm³/mol. The number of ether oxygens (including phenoxy) is 2. The number of hydrogen-bond donors (Lipinski definition) is 0. The Morgan fingerprint density at radius 3 is 2.86 bits per heavy atom. The van der Waals surface area contributed by atoms with Crippen LogP contribution >= 0.6 is 0 Å². The average Bonchev–Trinajstić information content (AvgIpc) is 2.46. The van der Waals surface area contributed by atoms with Gasteiger partial charge in [0.2, 0.25) is 0 Å². The van der Waals surface area contributed by atoms with Gasteiger partial charge in [0.15, 0.2) is 6.61 Å². The van der Waals surface area contributed by atoms with Gasteiger partial charge in [-0.2, -0.15) is 0 Å². The van der Waals surface area contributed by atoms with E-state index in [0.29, 0.717) is 31.0 Å². The summed E-state index contributed by atoms with van der Waals surface area (Å²) in [7, 11) is 0. The first kappa shape index (κ1) is 16.2. The van der Waals surface area contributed by atoms with E-state index in [9.17, 15) is 14.9 Å². The van der Waals surface area contributed by atoms with Gasteiger partial charge in [0.05, 0.1) is 23.2 Å². The van der Waals surface area contributed by atoms with Gasteiger partial charge in [-0.05, 0) is 32.4 Å². The van der Waals surface area contributed by atoms with Gasteiger partial charge in [-0.15, -0.1) is 0 Å². The van der Waals surface area contributed by atoms with Crippen LogP contribution in [0.5, 0.6) is 5.75 Å². The lowest BCUT2D eigenvalue weighted by Crippen LogP contribution is -2.46. The molecule has 1 heterocycles. The van der Waals surface area contributed by atoms with Gasteiger partial charge >= 0.3 is 0 Å². The number of hydrogen-bond acceptors (Lipinski definition) is 5. The highest BCUT2D eigenvalue weighted by Gasteiger charge is 2.23. The Kier molecular flexibility index (Phi) is 4.97. The smallest absolute Gasteiger partial charge is 0.276 e. The van der Waals surface area contributed by atoms with E-state index in [1.165, 1.54) is 6.07 Å². The topological polar surface area (TPSA) is 81.9 Å². The first-order valence-electron chi connectivity index (χ1n) is 7.17. The Hall–Kier alpha value is -2.15. The van der Waals surface area contributed by atoms with Gasteiger partial charge in [-0.25, -0.2) is 0 Å². The maximum absolute atomic E-state index is 12.2. The lowest BCUT2D eigenvalue weighted by atomic mass is 10.1. The summed E-state index contributed by atoms with van der Waals surface area (Å²) in [5, 5.41) is 11.0. The summed E-state index contributed by atoms with van der Waals surface area (Å²) in [4.78, 5) is 24.4. The van der Waals surface area contributed by atoms with E-state index < -0.39 is 4.92 Å². The Morgan fingerprint density at radius 2 is 2.23 bits per heavy atom. The van der Waals surface area contributed by atoms with Crippen molar-refractivity contribution in [3.05, 3.63) is 33.4 Å². The van der Waals surface area contributed by atoms with Crippen LogP contribution < -0.4 is 4.74 Å². The third-order valence-corrected chi connectivity index (χ3v) is 3.70. The summed E-state index contributed by atoms with van der Waals surface area (Å²) in [6, 6.07) is 3.07. The Labute approximate surface area is 129 Å². The molecule has 2 rings (SSSR count). The molecule has 0 radical (unpaired) electrons. The van der Waals surface area contributed by atoms with Crippen LogP contribution in [0, 0.1) is 24.0 Å². The van der Waals surface area contributed by atoms with Crippen molar-refractivity contribution in [3.63, 3.8) is 0 Å². The molecule has 0 bridgehead atoms. The van der Waals surface area contributed by atoms with Gasteiger partial charge in [0.1, 0.15) is 5.75 Å². The van der Waals surface area contributed by atoms with Crippen molar-refractivity contribution in [1.82, 2.24) is 4.90 Å². The number of nitrogens with zero attached hydrogens (tertiary/aromatic N) is 2. The zero-order valence-electron chi connectivity index (χ0n) is 13.0. The van der Waals surface area contributed by atoms with E-state index in [1.807, 2.05) is 6.92 Å². The fraction of sp³-hybridized carbons (Fsp3) is 0.533. The molecule has 0 spiro atoms. The van der Waals surface area contributed by atoms with Crippen molar-refractivity contribution in [2.24, 2.45) is 0 Å². The second-order valence-electron chi connectivity index (χ2n) is 5.42. The molecule has 1 saturated heterocycles. The Balaban J connectivity index is 2.06. The molecule has 7 heteroatoms. The third-order valence-electron chi connectivity index (χ3n) is 3.70. The number of nitro groups is 1. The van der Waals surface area contributed by atoms with Crippen LogP contribution in [-0.4, -0.2) is 48.1 Å². The van der Waals surface area contributed by atoms with Crippen LogP contribution in [-0.2, 0) is 9.53 Å². The lowest BCUT2D eigenvalue weighted by Gasteiger charge is -2.31. The molecule has 1 amide bonds. The van der Waals surface area contributed by atoms with E-state index in [4.69, 9.17) is 9.47 Å². The monoisotopic (exact) mass is 308 g/mol. The van der Waals surface area contributed by atoms with Crippen molar-refractivity contribution in [3.8, 4) is 5.75 Å². The molecule has 1 atom stereocenters. The first-order valence-corrected chi connectivity index (χ1v) is 7.17.